The topological polar surface area (TPSA) is 40.8 Å². The number of likely N-dealkylation sites (N-methyl/N-ethyl adjacent to an activating group) is 1. The van der Waals surface area contributed by atoms with Gasteiger partial charge in [-0.25, -0.2) is 0 Å². The maximum atomic E-state index is 13.1. The highest BCUT2D eigenvalue weighted by molar-refractivity contribution is 7.09. The lowest BCUT2D eigenvalue weighted by Crippen LogP contribution is -2.44. The molecule has 1 saturated carbocycles. The highest BCUT2D eigenvalue weighted by atomic mass is 32.1. The molecular formula is C24H34N4OS. The zero-order valence-corrected chi connectivity index (χ0v) is 19.8. The van der Waals surface area contributed by atoms with E-state index in [1.165, 1.54) is 23.4 Å². The minimum atomic E-state index is -0.141. The number of anilines is 1. The Morgan fingerprint density at radius 3 is 2.50 bits per heavy atom. The lowest BCUT2D eigenvalue weighted by molar-refractivity contribution is 0.0997. The molecule has 1 aromatic carbocycles. The Morgan fingerprint density at radius 2 is 1.87 bits per heavy atom. The maximum absolute atomic E-state index is 13.1. The molecular weight excluding hydrogens is 392 g/mol. The van der Waals surface area contributed by atoms with Gasteiger partial charge in [-0.3, -0.25) is 4.79 Å². The third-order valence-corrected chi connectivity index (χ3v) is 7.74. The SMILES string of the molecule is Cc1c(C(C)(C)C)s/c(=N\C(=O)c2cccc(N3CCN(C)CC3)c2)n1CC1CC1. The number of aromatic nitrogens is 1. The van der Waals surface area contributed by atoms with E-state index in [0.717, 1.165) is 49.1 Å². The van der Waals surface area contributed by atoms with Crippen LogP contribution in [0, 0.1) is 12.8 Å². The van der Waals surface area contributed by atoms with Crippen molar-refractivity contribution in [3.8, 4) is 0 Å². The van der Waals surface area contributed by atoms with Gasteiger partial charge in [0.25, 0.3) is 5.91 Å². The van der Waals surface area contributed by atoms with E-state index < -0.39 is 0 Å². The van der Waals surface area contributed by atoms with Gasteiger partial charge in [0.2, 0.25) is 0 Å². The number of thiazole rings is 1. The fourth-order valence-corrected chi connectivity index (χ4v) is 5.29. The van der Waals surface area contributed by atoms with Gasteiger partial charge in [-0.05, 0) is 56.3 Å². The summed E-state index contributed by atoms with van der Waals surface area (Å²) in [5.41, 5.74) is 3.11. The van der Waals surface area contributed by atoms with E-state index >= 15 is 0 Å². The van der Waals surface area contributed by atoms with Gasteiger partial charge in [0, 0.05) is 54.5 Å². The van der Waals surface area contributed by atoms with Crippen molar-refractivity contribution in [1.82, 2.24) is 9.47 Å². The van der Waals surface area contributed by atoms with Crippen LogP contribution < -0.4 is 9.70 Å². The van der Waals surface area contributed by atoms with E-state index in [4.69, 9.17) is 0 Å². The van der Waals surface area contributed by atoms with Crippen molar-refractivity contribution in [1.29, 1.82) is 0 Å². The fraction of sp³-hybridized carbons (Fsp3) is 0.583. The summed E-state index contributed by atoms with van der Waals surface area (Å²) in [5, 5.41) is 0. The van der Waals surface area contributed by atoms with Gasteiger partial charge in [0.05, 0.1) is 0 Å². The zero-order valence-electron chi connectivity index (χ0n) is 18.9. The fourth-order valence-electron chi connectivity index (χ4n) is 4.09. The van der Waals surface area contributed by atoms with Crippen LogP contribution >= 0.6 is 11.3 Å². The first kappa shape index (κ1) is 21.3. The normalized spacial score (nSPS) is 18.8. The lowest BCUT2D eigenvalue weighted by Gasteiger charge is -2.34. The number of carbonyl (C=O) groups excluding carboxylic acids is 1. The third-order valence-electron chi connectivity index (χ3n) is 6.14. The Labute approximate surface area is 184 Å². The standard InChI is InChI=1S/C24H34N4OS/c1-17-21(24(2,3)4)30-23(28(17)16-18-9-10-18)25-22(29)19-7-6-8-20(15-19)27-13-11-26(5)12-14-27/h6-8,15,18H,9-14,16H2,1-5H3/b25-23-. The number of benzene rings is 1. The van der Waals surface area contributed by atoms with E-state index in [1.54, 1.807) is 11.3 Å². The number of hydrogen-bond acceptors (Lipinski definition) is 4. The Bertz CT molecular complexity index is 985. The average molecular weight is 427 g/mol. The molecule has 1 saturated heterocycles. The van der Waals surface area contributed by atoms with Crippen molar-refractivity contribution in [2.45, 2.75) is 52.5 Å². The Kier molecular flexibility index (Phi) is 5.90. The Morgan fingerprint density at radius 1 is 1.17 bits per heavy atom. The molecule has 30 heavy (non-hydrogen) atoms. The summed E-state index contributed by atoms with van der Waals surface area (Å²) in [5.74, 6) is 0.595. The molecule has 1 amide bonds. The van der Waals surface area contributed by atoms with E-state index in [-0.39, 0.29) is 11.3 Å². The second-order valence-corrected chi connectivity index (χ2v) is 10.8. The highest BCUT2D eigenvalue weighted by Gasteiger charge is 2.27. The molecule has 5 nitrogen and oxygen atoms in total. The maximum Gasteiger partial charge on any atom is 0.279 e. The molecule has 0 spiro atoms. The average Bonchev–Trinajstić information content (AvgIpc) is 3.47. The molecule has 1 aliphatic heterocycles. The first-order chi connectivity index (χ1) is 14.2. The molecule has 6 heteroatoms. The quantitative estimate of drug-likeness (QED) is 0.740. The molecule has 0 atom stereocenters. The van der Waals surface area contributed by atoms with Crippen LogP contribution in [0.2, 0.25) is 0 Å². The van der Waals surface area contributed by atoms with Gasteiger partial charge < -0.3 is 14.4 Å². The molecule has 0 bridgehead atoms. The number of nitrogens with zero attached hydrogens (tertiary/aromatic N) is 4. The van der Waals surface area contributed by atoms with E-state index in [1.807, 2.05) is 18.2 Å². The molecule has 162 valence electrons. The van der Waals surface area contributed by atoms with Gasteiger partial charge >= 0.3 is 0 Å². The predicted octanol–water partition coefficient (Wildman–Crippen LogP) is 4.06. The lowest BCUT2D eigenvalue weighted by atomic mass is 9.93. The van der Waals surface area contributed by atoms with Crippen molar-refractivity contribution < 1.29 is 4.79 Å². The molecule has 2 aromatic rings. The molecule has 0 unspecified atom stereocenters. The summed E-state index contributed by atoms with van der Waals surface area (Å²) in [6, 6.07) is 7.98. The van der Waals surface area contributed by atoms with Crippen molar-refractivity contribution in [3.63, 3.8) is 0 Å². The van der Waals surface area contributed by atoms with Crippen LogP contribution in [-0.4, -0.2) is 48.6 Å². The predicted molar refractivity (Wildman–Crippen MR) is 125 cm³/mol. The first-order valence-electron chi connectivity index (χ1n) is 11.1. The Balaban J connectivity index is 1.65. The van der Waals surface area contributed by atoms with Crippen LogP contribution in [-0.2, 0) is 12.0 Å². The number of carbonyl (C=O) groups is 1. The monoisotopic (exact) mass is 426 g/mol. The number of piperazine rings is 1. The van der Waals surface area contributed by atoms with Gasteiger partial charge in [-0.2, -0.15) is 4.99 Å². The van der Waals surface area contributed by atoms with E-state index in [0.29, 0.717) is 5.56 Å². The van der Waals surface area contributed by atoms with Crippen molar-refractivity contribution >= 4 is 22.9 Å². The second-order valence-electron chi connectivity index (χ2n) is 9.86. The molecule has 2 aliphatic rings. The zero-order chi connectivity index (χ0) is 21.5. The van der Waals surface area contributed by atoms with Crippen LogP contribution in [0.15, 0.2) is 29.3 Å². The molecule has 0 radical (unpaired) electrons. The van der Waals surface area contributed by atoms with Crippen molar-refractivity contribution in [2.24, 2.45) is 10.9 Å². The number of hydrogen-bond donors (Lipinski definition) is 0. The summed E-state index contributed by atoms with van der Waals surface area (Å²) in [6.45, 7) is 13.9. The summed E-state index contributed by atoms with van der Waals surface area (Å²) >= 11 is 1.68. The van der Waals surface area contributed by atoms with Crippen LogP contribution in [0.1, 0.15) is 54.5 Å². The minimum Gasteiger partial charge on any atom is -0.369 e. The van der Waals surface area contributed by atoms with Crippen LogP contribution in [0.25, 0.3) is 0 Å². The van der Waals surface area contributed by atoms with Crippen LogP contribution in [0.4, 0.5) is 5.69 Å². The van der Waals surface area contributed by atoms with Gasteiger partial charge in [0.1, 0.15) is 0 Å². The molecule has 0 N–H and O–H groups in total. The van der Waals surface area contributed by atoms with Crippen LogP contribution in [0.3, 0.4) is 0 Å². The van der Waals surface area contributed by atoms with Crippen molar-refractivity contribution in [2.75, 3.05) is 38.1 Å². The largest absolute Gasteiger partial charge is 0.369 e. The third kappa shape index (κ3) is 4.70. The van der Waals surface area contributed by atoms with Gasteiger partial charge in [-0.1, -0.05) is 26.8 Å². The second kappa shape index (κ2) is 8.31. The summed E-state index contributed by atoms with van der Waals surface area (Å²) in [6.07, 6.45) is 2.57. The minimum absolute atomic E-state index is 0.0538. The van der Waals surface area contributed by atoms with Crippen molar-refractivity contribution in [3.05, 3.63) is 45.2 Å². The highest BCUT2D eigenvalue weighted by Crippen LogP contribution is 2.33. The summed E-state index contributed by atoms with van der Waals surface area (Å²) in [7, 11) is 2.15. The molecule has 4 rings (SSSR count). The summed E-state index contributed by atoms with van der Waals surface area (Å²) < 4.78 is 2.28. The van der Waals surface area contributed by atoms with Gasteiger partial charge in [0.15, 0.2) is 4.80 Å². The van der Waals surface area contributed by atoms with E-state index in [2.05, 4.69) is 60.2 Å². The first-order valence-corrected chi connectivity index (χ1v) is 11.9. The molecule has 1 aliphatic carbocycles. The summed E-state index contributed by atoms with van der Waals surface area (Å²) in [4.78, 5) is 24.6. The smallest absolute Gasteiger partial charge is 0.279 e. The van der Waals surface area contributed by atoms with Crippen LogP contribution in [0.5, 0.6) is 0 Å². The molecule has 1 aromatic heterocycles. The van der Waals surface area contributed by atoms with Gasteiger partial charge in [-0.15, -0.1) is 11.3 Å². The van der Waals surface area contributed by atoms with E-state index in [9.17, 15) is 4.79 Å². The molecule has 2 heterocycles. The number of amides is 1. The number of rotatable bonds is 4. The molecule has 2 fully saturated rings. The Hall–Kier alpha value is -1.92.